The monoisotopic (exact) mass is 456 g/mol. The molecule has 2 atom stereocenters. The normalized spacial score (nSPS) is 19.5. The van der Waals surface area contributed by atoms with Gasteiger partial charge in [-0.25, -0.2) is 4.79 Å². The summed E-state index contributed by atoms with van der Waals surface area (Å²) in [5.74, 6) is 0. The molecule has 1 amide bonds. The number of hydrogen-bond acceptors (Lipinski definition) is 4. The van der Waals surface area contributed by atoms with Crippen LogP contribution in [0.5, 0.6) is 0 Å². The maximum Gasteiger partial charge on any atom is 0.407 e. The third-order valence-electron chi connectivity index (χ3n) is 7.30. The van der Waals surface area contributed by atoms with E-state index in [0.29, 0.717) is 19.6 Å². The number of nitrogens with zero attached hydrogens (tertiary/aromatic N) is 3. The number of aryl methyl sites for hydroxylation is 1. The van der Waals surface area contributed by atoms with Crippen LogP contribution in [0.2, 0.25) is 0 Å². The van der Waals surface area contributed by atoms with Crippen LogP contribution < -0.4 is 5.73 Å². The summed E-state index contributed by atoms with van der Waals surface area (Å²) in [6.07, 6.45) is 4.95. The number of carboxylic acid groups (broad SMARTS) is 1. The number of nitrogens with two attached hydrogens (primary N) is 1. The van der Waals surface area contributed by atoms with Gasteiger partial charge in [-0.15, -0.1) is 0 Å². The molecule has 2 aromatic carbocycles. The standard InChI is InChI=1S/C28H32N4O2/c29-16-20-10-12-21(13-11-20)17-31(26-9-3-7-22-8-4-14-30-27(22)26)19-25-15-23-5-1-2-6-24(23)18-32(25)28(33)34/h1-2,4-6,8,10-14,25-26H,3,7,9,15-19,29H2,(H,33,34)/t25-,26+/m1/s1. The highest BCUT2D eigenvalue weighted by Crippen LogP contribution is 2.35. The Labute approximate surface area is 201 Å². The molecule has 0 saturated carbocycles. The first-order chi connectivity index (χ1) is 16.6. The molecular weight excluding hydrogens is 424 g/mol. The molecule has 176 valence electrons. The van der Waals surface area contributed by atoms with E-state index >= 15 is 0 Å². The molecule has 0 bridgehead atoms. The molecule has 2 aliphatic rings. The Hall–Kier alpha value is -3.22. The SMILES string of the molecule is NCc1ccc(CN(C[C@H]2Cc3ccccc3CN2C(=O)O)[C@H]2CCCc3cccnc32)cc1. The van der Waals surface area contributed by atoms with E-state index in [2.05, 4.69) is 41.3 Å². The molecule has 34 heavy (non-hydrogen) atoms. The average Bonchev–Trinajstić information content (AvgIpc) is 2.88. The number of carbonyl (C=O) groups is 1. The van der Waals surface area contributed by atoms with E-state index < -0.39 is 6.09 Å². The predicted molar refractivity (Wildman–Crippen MR) is 132 cm³/mol. The Morgan fingerprint density at radius 3 is 2.53 bits per heavy atom. The van der Waals surface area contributed by atoms with Gasteiger partial charge in [0, 0.05) is 32.4 Å². The number of benzene rings is 2. The lowest BCUT2D eigenvalue weighted by atomic mass is 9.89. The molecule has 0 saturated heterocycles. The van der Waals surface area contributed by atoms with E-state index in [1.807, 2.05) is 30.5 Å². The molecule has 1 aliphatic heterocycles. The fourth-order valence-corrected chi connectivity index (χ4v) is 5.50. The van der Waals surface area contributed by atoms with Gasteiger partial charge in [0.05, 0.1) is 17.8 Å². The van der Waals surface area contributed by atoms with E-state index in [1.165, 1.54) is 16.7 Å². The van der Waals surface area contributed by atoms with E-state index in [4.69, 9.17) is 10.7 Å². The highest BCUT2D eigenvalue weighted by molar-refractivity contribution is 5.66. The minimum atomic E-state index is -0.853. The molecular formula is C28H32N4O2. The van der Waals surface area contributed by atoms with Gasteiger partial charge in [-0.2, -0.15) is 0 Å². The summed E-state index contributed by atoms with van der Waals surface area (Å²) in [6, 6.07) is 20.9. The van der Waals surface area contributed by atoms with E-state index in [1.54, 1.807) is 4.90 Å². The third kappa shape index (κ3) is 4.69. The van der Waals surface area contributed by atoms with Crippen molar-refractivity contribution in [2.24, 2.45) is 5.73 Å². The first kappa shape index (κ1) is 22.6. The fourth-order valence-electron chi connectivity index (χ4n) is 5.50. The Kier molecular flexibility index (Phi) is 6.61. The first-order valence-corrected chi connectivity index (χ1v) is 12.1. The summed E-state index contributed by atoms with van der Waals surface area (Å²) in [4.78, 5) is 21.1. The third-order valence-corrected chi connectivity index (χ3v) is 7.30. The van der Waals surface area contributed by atoms with Crippen LogP contribution in [0, 0.1) is 0 Å². The van der Waals surface area contributed by atoms with Crippen molar-refractivity contribution in [3.63, 3.8) is 0 Å². The van der Waals surface area contributed by atoms with Crippen molar-refractivity contribution in [1.29, 1.82) is 0 Å². The second-order valence-corrected chi connectivity index (χ2v) is 9.44. The highest BCUT2D eigenvalue weighted by atomic mass is 16.4. The van der Waals surface area contributed by atoms with Crippen LogP contribution in [0.3, 0.4) is 0 Å². The van der Waals surface area contributed by atoms with Gasteiger partial charge in [0.2, 0.25) is 0 Å². The van der Waals surface area contributed by atoms with Gasteiger partial charge in [0.15, 0.2) is 0 Å². The van der Waals surface area contributed by atoms with Crippen LogP contribution in [-0.2, 0) is 32.5 Å². The van der Waals surface area contributed by atoms with Crippen molar-refractivity contribution in [2.75, 3.05) is 6.54 Å². The molecule has 3 N–H and O–H groups in total. The van der Waals surface area contributed by atoms with Crippen LogP contribution in [-0.4, -0.2) is 38.6 Å². The van der Waals surface area contributed by atoms with Crippen LogP contribution in [0.1, 0.15) is 52.4 Å². The second kappa shape index (κ2) is 9.95. The van der Waals surface area contributed by atoms with Crippen molar-refractivity contribution in [3.05, 3.63) is 100 Å². The highest BCUT2D eigenvalue weighted by Gasteiger charge is 2.34. The summed E-state index contributed by atoms with van der Waals surface area (Å²) in [7, 11) is 0. The first-order valence-electron chi connectivity index (χ1n) is 12.1. The zero-order valence-electron chi connectivity index (χ0n) is 19.4. The zero-order chi connectivity index (χ0) is 23.5. The topological polar surface area (TPSA) is 82.7 Å². The molecule has 0 fully saturated rings. The summed E-state index contributed by atoms with van der Waals surface area (Å²) in [5, 5.41) is 10.0. The maximum absolute atomic E-state index is 12.2. The van der Waals surface area contributed by atoms with Gasteiger partial charge < -0.3 is 10.8 Å². The molecule has 3 aromatic rings. The Balaban J connectivity index is 1.47. The van der Waals surface area contributed by atoms with Crippen LogP contribution >= 0.6 is 0 Å². The molecule has 6 heteroatoms. The van der Waals surface area contributed by atoms with Crippen molar-refractivity contribution < 1.29 is 9.90 Å². The van der Waals surface area contributed by atoms with E-state index in [-0.39, 0.29) is 12.1 Å². The largest absolute Gasteiger partial charge is 0.465 e. The average molecular weight is 457 g/mol. The van der Waals surface area contributed by atoms with Crippen molar-refractivity contribution in [2.45, 2.75) is 57.4 Å². The Bertz CT molecular complexity index is 1150. The quantitative estimate of drug-likeness (QED) is 0.570. The van der Waals surface area contributed by atoms with Gasteiger partial charge in [0.25, 0.3) is 0 Å². The number of fused-ring (bicyclic) bond motifs is 2. The van der Waals surface area contributed by atoms with E-state index in [9.17, 15) is 9.90 Å². The number of pyridine rings is 1. The Morgan fingerprint density at radius 1 is 1.03 bits per heavy atom. The molecule has 1 aliphatic carbocycles. The van der Waals surface area contributed by atoms with Crippen LogP contribution in [0.15, 0.2) is 66.9 Å². The summed E-state index contributed by atoms with van der Waals surface area (Å²) in [6.45, 7) is 2.38. The lowest BCUT2D eigenvalue weighted by Gasteiger charge is -2.41. The summed E-state index contributed by atoms with van der Waals surface area (Å²) in [5.41, 5.74) is 12.9. The van der Waals surface area contributed by atoms with Crippen LogP contribution in [0.25, 0.3) is 0 Å². The van der Waals surface area contributed by atoms with Crippen molar-refractivity contribution in [3.8, 4) is 0 Å². The molecule has 5 rings (SSSR count). The summed E-state index contributed by atoms with van der Waals surface area (Å²) >= 11 is 0. The molecule has 0 spiro atoms. The van der Waals surface area contributed by atoms with Crippen LogP contribution in [0.4, 0.5) is 4.79 Å². The van der Waals surface area contributed by atoms with E-state index in [0.717, 1.165) is 49.0 Å². The number of hydrogen-bond donors (Lipinski definition) is 2. The molecule has 1 aromatic heterocycles. The smallest absolute Gasteiger partial charge is 0.407 e. The van der Waals surface area contributed by atoms with Gasteiger partial charge in [-0.1, -0.05) is 54.6 Å². The number of amides is 1. The maximum atomic E-state index is 12.2. The lowest BCUT2D eigenvalue weighted by Crippen LogP contribution is -2.50. The number of rotatable bonds is 6. The zero-order valence-corrected chi connectivity index (χ0v) is 19.4. The minimum absolute atomic E-state index is 0.107. The minimum Gasteiger partial charge on any atom is -0.465 e. The Morgan fingerprint density at radius 2 is 1.76 bits per heavy atom. The fraction of sp³-hybridized carbons (Fsp3) is 0.357. The lowest BCUT2D eigenvalue weighted by molar-refractivity contribution is 0.0755. The van der Waals surface area contributed by atoms with Gasteiger partial charge in [-0.3, -0.25) is 14.8 Å². The van der Waals surface area contributed by atoms with Crippen molar-refractivity contribution >= 4 is 6.09 Å². The van der Waals surface area contributed by atoms with Gasteiger partial charge in [0.1, 0.15) is 0 Å². The molecule has 0 radical (unpaired) electrons. The number of aromatic nitrogens is 1. The van der Waals surface area contributed by atoms with Crippen molar-refractivity contribution in [1.82, 2.24) is 14.8 Å². The molecule has 0 unspecified atom stereocenters. The summed E-state index contributed by atoms with van der Waals surface area (Å²) < 4.78 is 0. The van der Waals surface area contributed by atoms with Gasteiger partial charge in [-0.05, 0) is 59.6 Å². The predicted octanol–water partition coefficient (Wildman–Crippen LogP) is 4.52. The van der Waals surface area contributed by atoms with Gasteiger partial charge >= 0.3 is 6.09 Å². The second-order valence-electron chi connectivity index (χ2n) is 9.44. The molecule has 2 heterocycles. The molecule has 6 nitrogen and oxygen atoms in total.